The van der Waals surface area contributed by atoms with Gasteiger partial charge in [-0.1, -0.05) is 18.0 Å². The average molecular weight is 229 g/mol. The van der Waals surface area contributed by atoms with Gasteiger partial charge in [-0.3, -0.25) is 0 Å². The molecule has 2 unspecified atom stereocenters. The Morgan fingerprint density at radius 2 is 2.12 bits per heavy atom. The third-order valence-corrected chi connectivity index (χ3v) is 3.19. The highest BCUT2D eigenvalue weighted by Crippen LogP contribution is 2.23. The molecule has 5 nitrogen and oxygen atoms in total. The molecule has 0 amide bonds. The van der Waals surface area contributed by atoms with E-state index in [2.05, 4.69) is 10.5 Å². The molecule has 5 N–H and O–H groups in total. The summed E-state index contributed by atoms with van der Waals surface area (Å²) in [5.41, 5.74) is 5.35. The van der Waals surface area contributed by atoms with Gasteiger partial charge in [0, 0.05) is 13.0 Å². The van der Waals surface area contributed by atoms with Gasteiger partial charge in [-0.15, -0.1) is 0 Å². The number of nitrogens with zero attached hydrogens (tertiary/aromatic N) is 1. The standard InChI is InChI=1S/C11H23N3O2/c12-11(14-16)6-3-7-13-8-9-4-1-2-5-10(9)15/h9-10,13,15-16H,1-8H2,(H2,12,14). The highest BCUT2D eigenvalue weighted by Gasteiger charge is 2.21. The van der Waals surface area contributed by atoms with Gasteiger partial charge >= 0.3 is 0 Å². The molecule has 5 heteroatoms. The Labute approximate surface area is 96.7 Å². The van der Waals surface area contributed by atoms with Crippen LogP contribution in [-0.4, -0.2) is 35.3 Å². The summed E-state index contributed by atoms with van der Waals surface area (Å²) in [7, 11) is 0. The maximum atomic E-state index is 9.74. The van der Waals surface area contributed by atoms with Crippen molar-refractivity contribution in [3.63, 3.8) is 0 Å². The highest BCUT2D eigenvalue weighted by atomic mass is 16.4. The van der Waals surface area contributed by atoms with Crippen LogP contribution in [0.2, 0.25) is 0 Å². The van der Waals surface area contributed by atoms with Gasteiger partial charge in [0.1, 0.15) is 5.84 Å². The second kappa shape index (κ2) is 7.46. The summed E-state index contributed by atoms with van der Waals surface area (Å²) in [5, 5.41) is 24.3. The third-order valence-electron chi connectivity index (χ3n) is 3.19. The molecule has 0 spiro atoms. The van der Waals surface area contributed by atoms with Crippen LogP contribution in [0.1, 0.15) is 38.5 Å². The minimum Gasteiger partial charge on any atom is -0.409 e. The number of rotatable bonds is 6. The van der Waals surface area contributed by atoms with Crippen LogP contribution in [0.4, 0.5) is 0 Å². The first-order valence-corrected chi connectivity index (χ1v) is 6.09. The molecule has 0 radical (unpaired) electrons. The Morgan fingerprint density at radius 1 is 1.38 bits per heavy atom. The molecule has 0 saturated heterocycles. The lowest BCUT2D eigenvalue weighted by Crippen LogP contribution is -2.34. The first-order chi connectivity index (χ1) is 7.74. The van der Waals surface area contributed by atoms with Crippen molar-refractivity contribution in [2.45, 2.75) is 44.6 Å². The van der Waals surface area contributed by atoms with Crippen LogP contribution in [0.3, 0.4) is 0 Å². The van der Waals surface area contributed by atoms with Crippen molar-refractivity contribution < 1.29 is 10.3 Å². The second-order valence-electron chi connectivity index (χ2n) is 4.51. The van der Waals surface area contributed by atoms with Crippen molar-refractivity contribution in [3.05, 3.63) is 0 Å². The summed E-state index contributed by atoms with van der Waals surface area (Å²) >= 11 is 0. The van der Waals surface area contributed by atoms with Gasteiger partial charge in [0.15, 0.2) is 0 Å². The van der Waals surface area contributed by atoms with Crippen LogP contribution < -0.4 is 11.1 Å². The lowest BCUT2D eigenvalue weighted by molar-refractivity contribution is 0.0697. The Kier molecular flexibility index (Phi) is 6.18. The zero-order valence-corrected chi connectivity index (χ0v) is 9.73. The predicted molar refractivity (Wildman–Crippen MR) is 63.5 cm³/mol. The molecule has 1 aliphatic carbocycles. The fourth-order valence-corrected chi connectivity index (χ4v) is 2.16. The zero-order chi connectivity index (χ0) is 11.8. The smallest absolute Gasteiger partial charge is 0.139 e. The van der Waals surface area contributed by atoms with E-state index in [1.54, 1.807) is 0 Å². The Hall–Kier alpha value is -0.810. The predicted octanol–water partition coefficient (Wildman–Crippen LogP) is 0.654. The Morgan fingerprint density at radius 3 is 2.81 bits per heavy atom. The fraction of sp³-hybridized carbons (Fsp3) is 0.909. The zero-order valence-electron chi connectivity index (χ0n) is 9.73. The summed E-state index contributed by atoms with van der Waals surface area (Å²) in [6.07, 6.45) is 5.78. The first-order valence-electron chi connectivity index (χ1n) is 6.09. The summed E-state index contributed by atoms with van der Waals surface area (Å²) in [6, 6.07) is 0. The van der Waals surface area contributed by atoms with Crippen LogP contribution in [0.25, 0.3) is 0 Å². The average Bonchev–Trinajstić information content (AvgIpc) is 2.30. The van der Waals surface area contributed by atoms with Gasteiger partial charge in [-0.2, -0.15) is 0 Å². The van der Waals surface area contributed by atoms with E-state index < -0.39 is 0 Å². The van der Waals surface area contributed by atoms with Crippen LogP contribution in [0.5, 0.6) is 0 Å². The summed E-state index contributed by atoms with van der Waals surface area (Å²) in [6.45, 7) is 1.72. The van der Waals surface area contributed by atoms with Gasteiger partial charge in [-0.25, -0.2) is 0 Å². The summed E-state index contributed by atoms with van der Waals surface area (Å²) in [5.74, 6) is 0.678. The molecule has 2 atom stereocenters. The van der Waals surface area contributed by atoms with E-state index in [1.165, 1.54) is 6.42 Å². The van der Waals surface area contributed by atoms with E-state index >= 15 is 0 Å². The van der Waals surface area contributed by atoms with Crippen LogP contribution in [-0.2, 0) is 0 Å². The van der Waals surface area contributed by atoms with E-state index in [0.29, 0.717) is 12.3 Å². The van der Waals surface area contributed by atoms with Crippen LogP contribution in [0, 0.1) is 5.92 Å². The number of nitrogens with one attached hydrogen (secondary N) is 1. The van der Waals surface area contributed by atoms with Crippen molar-refractivity contribution in [1.29, 1.82) is 0 Å². The summed E-state index contributed by atoms with van der Waals surface area (Å²) < 4.78 is 0. The molecule has 0 aliphatic heterocycles. The molecule has 0 aromatic carbocycles. The molecule has 0 aromatic heterocycles. The number of amidine groups is 1. The first kappa shape index (κ1) is 13.3. The third kappa shape index (κ3) is 4.81. The lowest BCUT2D eigenvalue weighted by atomic mass is 9.86. The van der Waals surface area contributed by atoms with Gasteiger partial charge in [0.25, 0.3) is 0 Å². The number of aliphatic hydroxyl groups is 1. The number of nitrogens with two attached hydrogens (primary N) is 1. The van der Waals surface area contributed by atoms with Crippen molar-refractivity contribution in [2.75, 3.05) is 13.1 Å². The molecule has 1 rings (SSSR count). The van der Waals surface area contributed by atoms with E-state index in [4.69, 9.17) is 10.9 Å². The van der Waals surface area contributed by atoms with Crippen LogP contribution >= 0.6 is 0 Å². The minimum absolute atomic E-state index is 0.134. The van der Waals surface area contributed by atoms with Gasteiger partial charge in [0.2, 0.25) is 0 Å². The monoisotopic (exact) mass is 229 g/mol. The molecular weight excluding hydrogens is 206 g/mol. The molecule has 1 fully saturated rings. The molecule has 1 aliphatic rings. The van der Waals surface area contributed by atoms with Gasteiger partial charge < -0.3 is 21.4 Å². The van der Waals surface area contributed by atoms with Gasteiger partial charge in [0.05, 0.1) is 6.10 Å². The van der Waals surface area contributed by atoms with Crippen molar-refractivity contribution in [1.82, 2.24) is 5.32 Å². The molecule has 1 saturated carbocycles. The molecule has 0 aromatic rings. The summed E-state index contributed by atoms with van der Waals surface area (Å²) in [4.78, 5) is 0. The normalized spacial score (nSPS) is 26.9. The number of hydrogen-bond acceptors (Lipinski definition) is 4. The fourth-order valence-electron chi connectivity index (χ4n) is 2.16. The maximum absolute atomic E-state index is 9.74. The van der Waals surface area contributed by atoms with E-state index in [0.717, 1.165) is 38.8 Å². The number of oxime groups is 1. The highest BCUT2D eigenvalue weighted by molar-refractivity contribution is 5.79. The Balaban J connectivity index is 2.02. The Bertz CT molecular complexity index is 221. The maximum Gasteiger partial charge on any atom is 0.139 e. The van der Waals surface area contributed by atoms with Crippen LogP contribution in [0.15, 0.2) is 5.16 Å². The van der Waals surface area contributed by atoms with E-state index in [9.17, 15) is 5.11 Å². The molecule has 94 valence electrons. The molecule has 0 bridgehead atoms. The van der Waals surface area contributed by atoms with Crippen molar-refractivity contribution >= 4 is 5.84 Å². The number of aliphatic hydroxyl groups excluding tert-OH is 1. The quantitative estimate of drug-likeness (QED) is 0.177. The molecular formula is C11H23N3O2. The largest absolute Gasteiger partial charge is 0.409 e. The molecule has 0 heterocycles. The topological polar surface area (TPSA) is 90.9 Å². The van der Waals surface area contributed by atoms with E-state index in [-0.39, 0.29) is 11.9 Å². The second-order valence-corrected chi connectivity index (χ2v) is 4.51. The van der Waals surface area contributed by atoms with Gasteiger partial charge in [-0.05, 0) is 31.7 Å². The van der Waals surface area contributed by atoms with Crippen molar-refractivity contribution in [2.24, 2.45) is 16.8 Å². The lowest BCUT2D eigenvalue weighted by Gasteiger charge is -2.27. The van der Waals surface area contributed by atoms with Crippen molar-refractivity contribution in [3.8, 4) is 0 Å². The molecule has 16 heavy (non-hydrogen) atoms. The minimum atomic E-state index is -0.134. The SMILES string of the molecule is NC(CCCNCC1CCCCC1O)=NO. The van der Waals surface area contributed by atoms with E-state index in [1.807, 2.05) is 0 Å². The number of hydrogen-bond donors (Lipinski definition) is 4.